The lowest BCUT2D eigenvalue weighted by Gasteiger charge is -2.13. The molecule has 2 nitrogen and oxygen atoms in total. The molecule has 1 aliphatic heterocycles. The van der Waals surface area contributed by atoms with Crippen molar-refractivity contribution in [2.75, 3.05) is 13.1 Å². The molecule has 1 aliphatic rings. The predicted molar refractivity (Wildman–Crippen MR) is 97.1 cm³/mol. The lowest BCUT2D eigenvalue weighted by molar-refractivity contribution is -0.530. The fourth-order valence-corrected chi connectivity index (χ4v) is 3.43. The molecular weight excluding hydrogens is 280 g/mol. The fraction of sp³-hybridized carbons (Fsp3) is 0.381. The van der Waals surface area contributed by atoms with Gasteiger partial charge in [0.25, 0.3) is 0 Å². The van der Waals surface area contributed by atoms with Crippen LogP contribution < -0.4 is 0 Å². The summed E-state index contributed by atoms with van der Waals surface area (Å²) in [5.74, 6) is 0. The Kier molecular flexibility index (Phi) is 4.51. The minimum Gasteiger partial charge on any atom is -0.260 e. The number of hydrogen-bond donors (Lipinski definition) is 0. The summed E-state index contributed by atoms with van der Waals surface area (Å²) in [4.78, 5) is 2.44. The third-order valence-electron chi connectivity index (χ3n) is 4.71. The van der Waals surface area contributed by atoms with Gasteiger partial charge in [-0.3, -0.25) is 9.48 Å². The summed E-state index contributed by atoms with van der Waals surface area (Å²) < 4.78 is 2.42. The quantitative estimate of drug-likeness (QED) is 0.775. The van der Waals surface area contributed by atoms with Gasteiger partial charge in [0.15, 0.2) is 0 Å². The van der Waals surface area contributed by atoms with Crippen LogP contribution in [-0.2, 0) is 13.1 Å². The lowest BCUT2D eigenvalue weighted by Crippen LogP contribution is -2.20. The van der Waals surface area contributed by atoms with Gasteiger partial charge in [-0.1, -0.05) is 47.5 Å². The first-order chi connectivity index (χ1) is 11.0. The normalized spacial score (nSPS) is 14.3. The molecule has 0 spiro atoms. The van der Waals surface area contributed by atoms with E-state index in [1.165, 1.54) is 33.4 Å². The molecule has 0 aliphatic carbocycles. The second-order valence-corrected chi connectivity index (χ2v) is 6.92. The van der Waals surface area contributed by atoms with Gasteiger partial charge in [-0.05, 0) is 49.9 Å². The predicted octanol–water partition coefficient (Wildman–Crippen LogP) is 3.98. The highest BCUT2D eigenvalue weighted by molar-refractivity contribution is 5.51. The van der Waals surface area contributed by atoms with E-state index in [4.69, 9.17) is 0 Å². The summed E-state index contributed by atoms with van der Waals surface area (Å²) in [6, 6.07) is 13.5. The van der Waals surface area contributed by atoms with Crippen LogP contribution in [-0.4, -0.2) is 28.9 Å². The summed E-state index contributed by atoms with van der Waals surface area (Å²) >= 11 is 0. The van der Waals surface area contributed by atoms with E-state index in [9.17, 15) is 0 Å². The zero-order valence-corrected chi connectivity index (χ0v) is 14.8. The van der Waals surface area contributed by atoms with Crippen LogP contribution in [0, 0.1) is 27.7 Å². The minimum absolute atomic E-state index is 1.00. The van der Waals surface area contributed by atoms with Gasteiger partial charge in [0.2, 0.25) is 6.34 Å². The molecule has 3 rings (SSSR count). The third-order valence-corrected chi connectivity index (χ3v) is 4.71. The van der Waals surface area contributed by atoms with Crippen molar-refractivity contribution in [2.45, 2.75) is 40.8 Å². The monoisotopic (exact) mass is 307 g/mol. The summed E-state index contributed by atoms with van der Waals surface area (Å²) in [7, 11) is 0. The van der Waals surface area contributed by atoms with Gasteiger partial charge in [0, 0.05) is 0 Å². The van der Waals surface area contributed by atoms with Gasteiger partial charge in [0.05, 0.1) is 0 Å². The second kappa shape index (κ2) is 6.57. The van der Waals surface area contributed by atoms with Crippen molar-refractivity contribution in [3.8, 4) is 0 Å². The largest absolute Gasteiger partial charge is 0.260 e. The van der Waals surface area contributed by atoms with E-state index in [1.807, 2.05) is 0 Å². The van der Waals surface area contributed by atoms with Crippen LogP contribution in [0.5, 0.6) is 0 Å². The molecule has 2 aromatic carbocycles. The first-order valence-electron chi connectivity index (χ1n) is 8.46. The fourth-order valence-electron chi connectivity index (χ4n) is 3.43. The number of aryl methyl sites for hydroxylation is 4. The molecule has 0 atom stereocenters. The van der Waals surface area contributed by atoms with Crippen LogP contribution in [0.4, 0.5) is 0 Å². The zero-order valence-electron chi connectivity index (χ0n) is 14.8. The topological polar surface area (TPSA) is 6.25 Å². The molecular formula is C21H27N2+. The molecule has 1 heterocycles. The SMILES string of the molecule is Cc1ccc(C[N+]2=CN(Cc3c(C)cc(C)cc3C)CC2)cc1. The molecule has 0 radical (unpaired) electrons. The Hall–Kier alpha value is -2.09. The standard InChI is InChI=1S/C21H27N2/c1-16-5-7-20(8-6-16)13-22-9-10-23(15-22)14-21-18(3)11-17(2)12-19(21)4/h5-8,11-12,15H,9-10,13-14H2,1-4H3/q+1. The Bertz CT molecular complexity index is 703. The molecule has 2 heteroatoms. The molecule has 0 fully saturated rings. The maximum atomic E-state index is 2.44. The van der Waals surface area contributed by atoms with Gasteiger partial charge >= 0.3 is 0 Å². The summed E-state index contributed by atoms with van der Waals surface area (Å²) in [6.07, 6.45) is 2.30. The highest BCUT2D eigenvalue weighted by atomic mass is 15.3. The van der Waals surface area contributed by atoms with Crippen LogP contribution in [0.25, 0.3) is 0 Å². The van der Waals surface area contributed by atoms with Gasteiger partial charge in [0.1, 0.15) is 26.2 Å². The van der Waals surface area contributed by atoms with E-state index in [2.05, 4.69) is 79.9 Å². The van der Waals surface area contributed by atoms with E-state index in [0.29, 0.717) is 0 Å². The lowest BCUT2D eigenvalue weighted by atomic mass is 9.99. The van der Waals surface area contributed by atoms with E-state index < -0.39 is 0 Å². The first-order valence-corrected chi connectivity index (χ1v) is 8.46. The molecule has 0 amide bonds. The molecule has 0 bridgehead atoms. The summed E-state index contributed by atoms with van der Waals surface area (Å²) in [5, 5.41) is 0. The van der Waals surface area contributed by atoms with E-state index in [-0.39, 0.29) is 0 Å². The highest BCUT2D eigenvalue weighted by Crippen LogP contribution is 2.18. The average molecular weight is 307 g/mol. The Labute approximate surface area is 140 Å². The van der Waals surface area contributed by atoms with Crippen LogP contribution in [0.1, 0.15) is 33.4 Å². The molecule has 120 valence electrons. The van der Waals surface area contributed by atoms with Gasteiger partial charge in [-0.15, -0.1) is 0 Å². The highest BCUT2D eigenvalue weighted by Gasteiger charge is 2.21. The number of benzene rings is 2. The number of rotatable bonds is 4. The maximum Gasteiger partial charge on any atom is 0.234 e. The van der Waals surface area contributed by atoms with Gasteiger partial charge < -0.3 is 0 Å². The molecule has 0 saturated carbocycles. The van der Waals surface area contributed by atoms with Crippen LogP contribution >= 0.6 is 0 Å². The van der Waals surface area contributed by atoms with Crippen molar-refractivity contribution < 1.29 is 4.58 Å². The Morgan fingerprint density at radius 3 is 2.22 bits per heavy atom. The molecule has 2 aromatic rings. The second-order valence-electron chi connectivity index (χ2n) is 6.92. The smallest absolute Gasteiger partial charge is 0.234 e. The summed E-state index contributed by atoms with van der Waals surface area (Å²) in [6.45, 7) is 13.0. The van der Waals surface area contributed by atoms with Crippen molar-refractivity contribution in [1.29, 1.82) is 0 Å². The minimum atomic E-state index is 1.00. The third kappa shape index (κ3) is 3.82. The Balaban J connectivity index is 1.69. The van der Waals surface area contributed by atoms with Crippen molar-refractivity contribution >= 4 is 6.34 Å². The van der Waals surface area contributed by atoms with Crippen LogP contribution in [0.15, 0.2) is 36.4 Å². The Morgan fingerprint density at radius 1 is 0.913 bits per heavy atom. The number of hydrogen-bond acceptors (Lipinski definition) is 1. The first kappa shape index (κ1) is 15.8. The van der Waals surface area contributed by atoms with E-state index in [1.54, 1.807) is 0 Å². The van der Waals surface area contributed by atoms with Gasteiger partial charge in [-0.25, -0.2) is 0 Å². The molecule has 0 aromatic heterocycles. The average Bonchev–Trinajstić information content (AvgIpc) is 2.93. The van der Waals surface area contributed by atoms with E-state index in [0.717, 1.165) is 26.2 Å². The molecule has 0 unspecified atom stereocenters. The Morgan fingerprint density at radius 2 is 1.57 bits per heavy atom. The molecule has 0 saturated heterocycles. The molecule has 0 N–H and O–H groups in total. The van der Waals surface area contributed by atoms with E-state index >= 15 is 0 Å². The van der Waals surface area contributed by atoms with Crippen LogP contribution in [0.3, 0.4) is 0 Å². The number of nitrogens with zero attached hydrogens (tertiary/aromatic N) is 2. The van der Waals surface area contributed by atoms with Crippen LogP contribution in [0.2, 0.25) is 0 Å². The van der Waals surface area contributed by atoms with Crippen molar-refractivity contribution in [1.82, 2.24) is 4.90 Å². The van der Waals surface area contributed by atoms with Crippen molar-refractivity contribution in [3.63, 3.8) is 0 Å². The summed E-state index contributed by atoms with van der Waals surface area (Å²) in [5.41, 5.74) is 8.36. The van der Waals surface area contributed by atoms with Crippen molar-refractivity contribution in [2.24, 2.45) is 0 Å². The molecule has 23 heavy (non-hydrogen) atoms. The maximum absolute atomic E-state index is 2.44. The zero-order chi connectivity index (χ0) is 16.4. The van der Waals surface area contributed by atoms with Gasteiger partial charge in [-0.2, -0.15) is 0 Å². The van der Waals surface area contributed by atoms with Crippen molar-refractivity contribution in [3.05, 3.63) is 69.8 Å².